The quantitative estimate of drug-likeness (QED) is 0.556. The Bertz CT molecular complexity index is 1050. The molecular formula is C17H13Cl2N7O. The fourth-order valence-electron chi connectivity index (χ4n) is 2.14. The number of nitrogens with one attached hydrogen (secondary N) is 1. The van der Waals surface area contributed by atoms with Gasteiger partial charge in [0.1, 0.15) is 0 Å². The van der Waals surface area contributed by atoms with Gasteiger partial charge in [0, 0.05) is 10.7 Å². The van der Waals surface area contributed by atoms with Gasteiger partial charge in [0.25, 0.3) is 0 Å². The number of rotatable bonds is 4. The van der Waals surface area contributed by atoms with Gasteiger partial charge in [-0.25, -0.2) is 0 Å². The fourth-order valence-corrected chi connectivity index (χ4v) is 2.65. The summed E-state index contributed by atoms with van der Waals surface area (Å²) in [7, 11) is 0. The zero-order valence-electron chi connectivity index (χ0n) is 14.0. The average Bonchev–Trinajstić information content (AvgIpc) is 2.64. The first-order valence-corrected chi connectivity index (χ1v) is 8.33. The molecule has 1 heterocycles. The highest BCUT2D eigenvalue weighted by Gasteiger charge is 2.16. The van der Waals surface area contributed by atoms with E-state index >= 15 is 0 Å². The number of hydrogen-bond donors (Lipinski definition) is 3. The molecule has 136 valence electrons. The Kier molecular flexibility index (Phi) is 5.16. The van der Waals surface area contributed by atoms with Crippen molar-refractivity contribution in [3.63, 3.8) is 0 Å². The molecule has 0 unspecified atom stereocenters. The maximum atomic E-state index is 8.85. The second-order valence-corrected chi connectivity index (χ2v) is 6.22. The number of ether oxygens (including phenoxy) is 1. The maximum Gasteiger partial charge on any atom is 0.328 e. The number of nitrogens with zero attached hydrogens (tertiary/aromatic N) is 4. The van der Waals surface area contributed by atoms with Gasteiger partial charge in [-0.05, 0) is 42.8 Å². The molecule has 0 spiro atoms. The molecule has 0 radical (unpaired) electrons. The van der Waals surface area contributed by atoms with Gasteiger partial charge in [0.15, 0.2) is 5.75 Å². The van der Waals surface area contributed by atoms with Crippen LogP contribution in [0.2, 0.25) is 10.0 Å². The fraction of sp³-hybridized carbons (Fsp3) is 0.0588. The number of halogens is 2. The second kappa shape index (κ2) is 7.53. The van der Waals surface area contributed by atoms with Crippen molar-refractivity contribution < 1.29 is 4.74 Å². The molecule has 0 aliphatic carbocycles. The number of benzene rings is 2. The highest BCUT2D eigenvalue weighted by Crippen LogP contribution is 2.40. The zero-order chi connectivity index (χ0) is 19.6. The minimum absolute atomic E-state index is 0.0588. The van der Waals surface area contributed by atoms with Crippen molar-refractivity contribution in [3.8, 4) is 17.8 Å². The Hall–Kier alpha value is -3.28. The monoisotopic (exact) mass is 401 g/mol. The Morgan fingerprint density at radius 2 is 1.81 bits per heavy atom. The minimum Gasteiger partial charge on any atom is -0.420 e. The van der Waals surface area contributed by atoms with Crippen molar-refractivity contribution >= 4 is 46.5 Å². The molecule has 2 aromatic carbocycles. The second-order valence-electron chi connectivity index (χ2n) is 5.43. The first kappa shape index (κ1) is 18.5. The molecule has 8 nitrogen and oxygen atoms in total. The van der Waals surface area contributed by atoms with Gasteiger partial charge in [-0.2, -0.15) is 20.2 Å². The standard InChI is InChI=1S/C17H13Cl2N7O/c1-8-11(18)6-12(21)14(13(8)19)27-17-25-15(22)24-16(26-17)23-10-4-2-9(7-20)3-5-10/h2-6H,21H2,1H3,(H3,22,23,24,25,26). The van der Waals surface area contributed by atoms with Crippen molar-refractivity contribution in [3.05, 3.63) is 51.5 Å². The smallest absolute Gasteiger partial charge is 0.328 e. The van der Waals surface area contributed by atoms with Crippen molar-refractivity contribution in [1.82, 2.24) is 15.0 Å². The molecule has 0 saturated heterocycles. The van der Waals surface area contributed by atoms with Crippen molar-refractivity contribution in [2.24, 2.45) is 0 Å². The molecule has 0 aliphatic heterocycles. The maximum absolute atomic E-state index is 8.85. The third-order valence-corrected chi connectivity index (χ3v) is 4.37. The molecule has 0 atom stereocenters. The highest BCUT2D eigenvalue weighted by molar-refractivity contribution is 6.37. The minimum atomic E-state index is -0.0889. The van der Waals surface area contributed by atoms with E-state index in [4.69, 9.17) is 44.7 Å². The van der Waals surface area contributed by atoms with E-state index in [0.29, 0.717) is 21.8 Å². The van der Waals surface area contributed by atoms with Gasteiger partial charge >= 0.3 is 6.01 Å². The first-order chi connectivity index (χ1) is 12.9. The van der Waals surface area contributed by atoms with E-state index in [2.05, 4.69) is 20.3 Å². The number of hydrogen-bond acceptors (Lipinski definition) is 8. The van der Waals surface area contributed by atoms with Gasteiger partial charge in [0.05, 0.1) is 22.3 Å². The van der Waals surface area contributed by atoms with E-state index in [0.717, 1.165) is 0 Å². The molecule has 10 heteroatoms. The van der Waals surface area contributed by atoms with Gasteiger partial charge < -0.3 is 21.5 Å². The average molecular weight is 402 g/mol. The molecule has 0 saturated carbocycles. The van der Waals surface area contributed by atoms with Crippen LogP contribution in [0.5, 0.6) is 11.8 Å². The van der Waals surface area contributed by atoms with E-state index in [9.17, 15) is 0 Å². The molecular weight excluding hydrogens is 389 g/mol. The lowest BCUT2D eigenvalue weighted by Gasteiger charge is -2.13. The molecule has 1 aromatic heterocycles. The van der Waals surface area contributed by atoms with Crippen LogP contribution in [0.3, 0.4) is 0 Å². The van der Waals surface area contributed by atoms with Crippen LogP contribution in [0.1, 0.15) is 11.1 Å². The lowest BCUT2D eigenvalue weighted by atomic mass is 10.2. The summed E-state index contributed by atoms with van der Waals surface area (Å²) in [6, 6.07) is 10.2. The van der Waals surface area contributed by atoms with E-state index in [1.165, 1.54) is 6.07 Å². The predicted molar refractivity (Wildman–Crippen MR) is 104 cm³/mol. The third-order valence-electron chi connectivity index (χ3n) is 3.53. The lowest BCUT2D eigenvalue weighted by Crippen LogP contribution is -2.06. The summed E-state index contributed by atoms with van der Waals surface area (Å²) in [5.41, 5.74) is 13.7. The third kappa shape index (κ3) is 4.11. The van der Waals surface area contributed by atoms with Crippen LogP contribution in [0.25, 0.3) is 0 Å². The molecule has 3 aromatic rings. The van der Waals surface area contributed by atoms with Crippen LogP contribution < -0.4 is 21.5 Å². The molecule has 0 bridgehead atoms. The number of aromatic nitrogens is 3. The van der Waals surface area contributed by atoms with E-state index in [1.54, 1.807) is 31.2 Å². The number of anilines is 4. The Morgan fingerprint density at radius 3 is 2.48 bits per heavy atom. The lowest BCUT2D eigenvalue weighted by molar-refractivity contribution is 0.444. The van der Waals surface area contributed by atoms with E-state index in [1.807, 2.05) is 6.07 Å². The van der Waals surface area contributed by atoms with Crippen molar-refractivity contribution in [2.45, 2.75) is 6.92 Å². The predicted octanol–water partition coefficient (Wildman–Crippen LogP) is 4.06. The number of nitriles is 1. The Labute approximate surface area is 164 Å². The van der Waals surface area contributed by atoms with E-state index < -0.39 is 0 Å². The molecule has 5 N–H and O–H groups in total. The summed E-state index contributed by atoms with van der Waals surface area (Å²) >= 11 is 12.3. The normalized spacial score (nSPS) is 10.3. The number of nitrogen functional groups attached to an aromatic ring is 2. The molecule has 0 aliphatic rings. The van der Waals surface area contributed by atoms with Crippen LogP contribution >= 0.6 is 23.2 Å². The summed E-state index contributed by atoms with van der Waals surface area (Å²) in [6.07, 6.45) is 0. The van der Waals surface area contributed by atoms with Crippen molar-refractivity contribution in [1.29, 1.82) is 5.26 Å². The van der Waals surface area contributed by atoms with Crippen LogP contribution in [0.15, 0.2) is 30.3 Å². The van der Waals surface area contributed by atoms with Gasteiger partial charge in [-0.1, -0.05) is 23.2 Å². The Balaban J connectivity index is 1.90. The first-order valence-electron chi connectivity index (χ1n) is 7.58. The topological polar surface area (TPSA) is 136 Å². The van der Waals surface area contributed by atoms with Crippen LogP contribution in [-0.2, 0) is 0 Å². The molecule has 27 heavy (non-hydrogen) atoms. The summed E-state index contributed by atoms with van der Waals surface area (Å²) in [5, 5.41) is 12.5. The van der Waals surface area contributed by atoms with E-state index in [-0.39, 0.29) is 34.4 Å². The Morgan fingerprint density at radius 1 is 1.11 bits per heavy atom. The highest BCUT2D eigenvalue weighted by atomic mass is 35.5. The molecule has 3 rings (SSSR count). The summed E-state index contributed by atoms with van der Waals surface area (Å²) in [6.45, 7) is 1.73. The molecule has 0 amide bonds. The summed E-state index contributed by atoms with van der Waals surface area (Å²) in [5.74, 6) is 0.271. The van der Waals surface area contributed by atoms with Crippen LogP contribution in [0, 0.1) is 18.3 Å². The summed E-state index contributed by atoms with van der Waals surface area (Å²) < 4.78 is 5.63. The van der Waals surface area contributed by atoms with Crippen LogP contribution in [-0.4, -0.2) is 15.0 Å². The SMILES string of the molecule is Cc1c(Cl)cc(N)c(Oc2nc(N)nc(Nc3ccc(C#N)cc3)n2)c1Cl. The number of nitrogens with two attached hydrogens (primary N) is 2. The molecule has 0 fully saturated rings. The van der Waals surface area contributed by atoms with Crippen LogP contribution in [0.4, 0.5) is 23.3 Å². The van der Waals surface area contributed by atoms with Gasteiger partial charge in [-0.3, -0.25) is 0 Å². The zero-order valence-corrected chi connectivity index (χ0v) is 15.5. The summed E-state index contributed by atoms with van der Waals surface area (Å²) in [4.78, 5) is 12.1. The van der Waals surface area contributed by atoms with Gasteiger partial charge in [0.2, 0.25) is 11.9 Å². The largest absolute Gasteiger partial charge is 0.420 e. The van der Waals surface area contributed by atoms with Crippen molar-refractivity contribution in [2.75, 3.05) is 16.8 Å². The van der Waals surface area contributed by atoms with Gasteiger partial charge in [-0.15, -0.1) is 0 Å².